The van der Waals surface area contributed by atoms with Gasteiger partial charge in [-0.05, 0) is 36.2 Å². The van der Waals surface area contributed by atoms with Gasteiger partial charge in [0.1, 0.15) is 24.0 Å². The molecule has 0 saturated carbocycles. The Balaban J connectivity index is 1.33. The zero-order valence-corrected chi connectivity index (χ0v) is 13.6. The van der Waals surface area contributed by atoms with Gasteiger partial charge in [-0.3, -0.25) is 4.79 Å². The summed E-state index contributed by atoms with van der Waals surface area (Å²) in [5, 5.41) is 2.93. The molecule has 2 N–H and O–H groups in total. The van der Waals surface area contributed by atoms with Crippen LogP contribution in [0.1, 0.15) is 11.4 Å². The van der Waals surface area contributed by atoms with Crippen molar-refractivity contribution in [3.05, 3.63) is 59.7 Å². The SMILES string of the molecule is O=C(NCCc1nc2ccc(F)cc2[nH]1)C1COc2ccccc2C1. The molecule has 1 atom stereocenters. The normalized spacial score (nSPS) is 16.3. The van der Waals surface area contributed by atoms with Crippen LogP contribution in [0, 0.1) is 11.7 Å². The number of nitrogens with zero attached hydrogens (tertiary/aromatic N) is 1. The highest BCUT2D eigenvalue weighted by atomic mass is 19.1. The summed E-state index contributed by atoms with van der Waals surface area (Å²) in [6.07, 6.45) is 1.25. The number of aromatic nitrogens is 2. The van der Waals surface area contributed by atoms with Crippen LogP contribution < -0.4 is 10.1 Å². The highest BCUT2D eigenvalue weighted by molar-refractivity contribution is 5.79. The van der Waals surface area contributed by atoms with Crippen molar-refractivity contribution in [1.82, 2.24) is 15.3 Å². The minimum Gasteiger partial charge on any atom is -0.492 e. The fourth-order valence-electron chi connectivity index (χ4n) is 3.10. The first-order valence-corrected chi connectivity index (χ1v) is 8.31. The summed E-state index contributed by atoms with van der Waals surface area (Å²) in [4.78, 5) is 19.8. The van der Waals surface area contributed by atoms with Gasteiger partial charge in [-0.2, -0.15) is 0 Å². The molecule has 0 radical (unpaired) electrons. The number of carbonyl (C=O) groups is 1. The summed E-state index contributed by atoms with van der Waals surface area (Å²) >= 11 is 0. The third-order valence-corrected chi connectivity index (χ3v) is 4.40. The lowest BCUT2D eigenvalue weighted by molar-refractivity contribution is -0.126. The highest BCUT2D eigenvalue weighted by Crippen LogP contribution is 2.26. The predicted molar refractivity (Wildman–Crippen MR) is 91.9 cm³/mol. The Morgan fingerprint density at radius 3 is 3.12 bits per heavy atom. The molecule has 6 heteroatoms. The van der Waals surface area contributed by atoms with Crippen molar-refractivity contribution in [3.63, 3.8) is 0 Å². The lowest BCUT2D eigenvalue weighted by Gasteiger charge is -2.24. The van der Waals surface area contributed by atoms with E-state index in [4.69, 9.17) is 4.74 Å². The molecule has 0 saturated heterocycles. The van der Waals surface area contributed by atoms with Crippen LogP contribution in [0.3, 0.4) is 0 Å². The van der Waals surface area contributed by atoms with E-state index in [1.807, 2.05) is 24.3 Å². The maximum atomic E-state index is 13.2. The number of ether oxygens (including phenoxy) is 1. The summed E-state index contributed by atoms with van der Waals surface area (Å²) in [5.74, 6) is 1.09. The molecule has 1 aliphatic heterocycles. The fraction of sp³-hybridized carbons (Fsp3) is 0.263. The molecule has 0 spiro atoms. The van der Waals surface area contributed by atoms with Gasteiger partial charge in [0.2, 0.25) is 5.91 Å². The van der Waals surface area contributed by atoms with Gasteiger partial charge in [0.05, 0.1) is 17.0 Å². The first-order chi connectivity index (χ1) is 12.2. The van der Waals surface area contributed by atoms with Gasteiger partial charge in [-0.25, -0.2) is 9.37 Å². The number of halogens is 1. The van der Waals surface area contributed by atoms with Crippen LogP contribution in [0.5, 0.6) is 5.75 Å². The molecule has 25 heavy (non-hydrogen) atoms. The van der Waals surface area contributed by atoms with Crippen LogP contribution in [0.15, 0.2) is 42.5 Å². The minimum absolute atomic E-state index is 0.0170. The van der Waals surface area contributed by atoms with E-state index < -0.39 is 0 Å². The number of nitrogens with one attached hydrogen (secondary N) is 2. The summed E-state index contributed by atoms with van der Waals surface area (Å²) < 4.78 is 18.9. The first-order valence-electron chi connectivity index (χ1n) is 8.31. The molecule has 128 valence electrons. The monoisotopic (exact) mass is 339 g/mol. The van der Waals surface area contributed by atoms with E-state index in [9.17, 15) is 9.18 Å². The van der Waals surface area contributed by atoms with Gasteiger partial charge in [0, 0.05) is 13.0 Å². The van der Waals surface area contributed by atoms with E-state index in [0.29, 0.717) is 31.5 Å². The van der Waals surface area contributed by atoms with Crippen molar-refractivity contribution in [3.8, 4) is 5.75 Å². The number of carbonyl (C=O) groups excluding carboxylic acids is 1. The van der Waals surface area contributed by atoms with Gasteiger partial charge in [-0.1, -0.05) is 18.2 Å². The van der Waals surface area contributed by atoms with Crippen molar-refractivity contribution in [2.24, 2.45) is 5.92 Å². The second kappa shape index (κ2) is 6.55. The van der Waals surface area contributed by atoms with Crippen molar-refractivity contribution in [1.29, 1.82) is 0 Å². The maximum Gasteiger partial charge on any atom is 0.226 e. The van der Waals surface area contributed by atoms with Gasteiger partial charge < -0.3 is 15.0 Å². The Morgan fingerprint density at radius 1 is 1.32 bits per heavy atom. The van der Waals surface area contributed by atoms with Crippen LogP contribution in [-0.4, -0.2) is 29.0 Å². The molecule has 1 aliphatic rings. The minimum atomic E-state index is -0.298. The van der Waals surface area contributed by atoms with Gasteiger partial charge in [0.15, 0.2) is 0 Å². The summed E-state index contributed by atoms with van der Waals surface area (Å²) in [7, 11) is 0. The number of H-pyrrole nitrogens is 1. The summed E-state index contributed by atoms with van der Waals surface area (Å²) in [6.45, 7) is 0.867. The van der Waals surface area contributed by atoms with Gasteiger partial charge in [0.25, 0.3) is 0 Å². The fourth-order valence-corrected chi connectivity index (χ4v) is 3.10. The Hall–Kier alpha value is -2.89. The molecular weight excluding hydrogens is 321 g/mol. The Morgan fingerprint density at radius 2 is 2.20 bits per heavy atom. The number of rotatable bonds is 4. The topological polar surface area (TPSA) is 67.0 Å². The molecule has 3 aromatic rings. The number of fused-ring (bicyclic) bond motifs is 2. The van der Waals surface area contributed by atoms with Gasteiger partial charge >= 0.3 is 0 Å². The Bertz CT molecular complexity index is 922. The van der Waals surface area contributed by atoms with Crippen molar-refractivity contribution in [2.45, 2.75) is 12.8 Å². The Kier molecular flexibility index (Phi) is 4.09. The number of hydrogen-bond donors (Lipinski definition) is 2. The number of imidazole rings is 1. The molecule has 5 nitrogen and oxygen atoms in total. The average molecular weight is 339 g/mol. The lowest BCUT2D eigenvalue weighted by atomic mass is 9.96. The number of benzene rings is 2. The number of para-hydroxylation sites is 1. The zero-order chi connectivity index (χ0) is 17.2. The maximum absolute atomic E-state index is 13.2. The van der Waals surface area contributed by atoms with Crippen LogP contribution in [-0.2, 0) is 17.6 Å². The smallest absolute Gasteiger partial charge is 0.226 e. The summed E-state index contributed by atoms with van der Waals surface area (Å²) in [6, 6.07) is 12.2. The molecule has 0 fully saturated rings. The molecule has 0 aliphatic carbocycles. The molecule has 1 unspecified atom stereocenters. The van der Waals surface area contributed by atoms with E-state index in [-0.39, 0.29) is 17.6 Å². The van der Waals surface area contributed by atoms with E-state index >= 15 is 0 Å². The van der Waals surface area contributed by atoms with Crippen molar-refractivity contribution >= 4 is 16.9 Å². The number of aromatic amines is 1. The lowest BCUT2D eigenvalue weighted by Crippen LogP contribution is -2.38. The molecule has 0 bridgehead atoms. The van der Waals surface area contributed by atoms with Gasteiger partial charge in [-0.15, -0.1) is 0 Å². The third-order valence-electron chi connectivity index (χ3n) is 4.40. The standard InChI is InChI=1S/C19H18FN3O2/c20-14-5-6-15-16(10-14)23-18(22-15)7-8-21-19(24)13-9-12-3-1-2-4-17(12)25-11-13/h1-6,10,13H,7-9,11H2,(H,21,24)(H,22,23). The molecule has 2 heterocycles. The molecule has 4 rings (SSSR count). The average Bonchev–Trinajstić information content (AvgIpc) is 3.03. The largest absolute Gasteiger partial charge is 0.492 e. The summed E-state index contributed by atoms with van der Waals surface area (Å²) in [5.41, 5.74) is 2.45. The van der Waals surface area contributed by atoms with Crippen LogP contribution in [0.2, 0.25) is 0 Å². The first kappa shape index (κ1) is 15.6. The molecule has 1 amide bonds. The van der Waals surface area contributed by atoms with Crippen LogP contribution >= 0.6 is 0 Å². The van der Waals surface area contributed by atoms with Crippen molar-refractivity contribution < 1.29 is 13.9 Å². The van der Waals surface area contributed by atoms with E-state index in [2.05, 4.69) is 15.3 Å². The molecule has 1 aromatic heterocycles. The second-order valence-corrected chi connectivity index (χ2v) is 6.21. The quantitative estimate of drug-likeness (QED) is 0.768. The third kappa shape index (κ3) is 3.33. The van der Waals surface area contributed by atoms with E-state index in [0.717, 1.165) is 22.7 Å². The van der Waals surface area contributed by atoms with Crippen molar-refractivity contribution in [2.75, 3.05) is 13.2 Å². The highest BCUT2D eigenvalue weighted by Gasteiger charge is 2.25. The molecular formula is C19H18FN3O2. The Labute approximate surface area is 144 Å². The second-order valence-electron chi connectivity index (χ2n) is 6.21. The van der Waals surface area contributed by atoms with Crippen LogP contribution in [0.4, 0.5) is 4.39 Å². The zero-order valence-electron chi connectivity index (χ0n) is 13.6. The predicted octanol–water partition coefficient (Wildman–Crippen LogP) is 2.61. The van der Waals surface area contributed by atoms with E-state index in [1.165, 1.54) is 12.1 Å². The number of hydrogen-bond acceptors (Lipinski definition) is 3. The van der Waals surface area contributed by atoms with E-state index in [1.54, 1.807) is 6.07 Å². The number of amides is 1. The molecule has 2 aromatic carbocycles. The van der Waals surface area contributed by atoms with Crippen LogP contribution in [0.25, 0.3) is 11.0 Å².